The Morgan fingerprint density at radius 1 is 0.968 bits per heavy atom. The van der Waals surface area contributed by atoms with Crippen LogP contribution in [0.15, 0.2) is 65.6 Å². The summed E-state index contributed by atoms with van der Waals surface area (Å²) in [7, 11) is -3.90. The number of aromatic hydroxyl groups is 2. The highest BCUT2D eigenvalue weighted by molar-refractivity contribution is 7.92. The number of anilines is 2. The van der Waals surface area contributed by atoms with Gasteiger partial charge in [0, 0.05) is 11.3 Å². The average molecular weight is 441 g/mol. The third kappa shape index (κ3) is 4.80. The first kappa shape index (κ1) is 22.2. The SMILES string of the molecule is Cc1c(O)ccc(C(=O)Nc2cccc(S(=O)(=O)Nc3ccccc3C(C)C)c2)c1O. The Kier molecular flexibility index (Phi) is 6.21. The fourth-order valence-corrected chi connectivity index (χ4v) is 4.24. The molecule has 0 fully saturated rings. The van der Waals surface area contributed by atoms with Crippen molar-refractivity contribution in [2.45, 2.75) is 31.6 Å². The Morgan fingerprint density at radius 2 is 1.68 bits per heavy atom. The average Bonchev–Trinajstić information content (AvgIpc) is 2.72. The molecule has 0 aromatic heterocycles. The van der Waals surface area contributed by atoms with Crippen molar-refractivity contribution in [3.05, 3.63) is 77.4 Å². The van der Waals surface area contributed by atoms with Gasteiger partial charge in [0.2, 0.25) is 0 Å². The van der Waals surface area contributed by atoms with Crippen molar-refractivity contribution < 1.29 is 23.4 Å². The van der Waals surface area contributed by atoms with E-state index in [1.165, 1.54) is 37.3 Å². The van der Waals surface area contributed by atoms with Crippen molar-refractivity contribution >= 4 is 27.3 Å². The maximum atomic E-state index is 12.9. The lowest BCUT2D eigenvalue weighted by Crippen LogP contribution is -2.16. The van der Waals surface area contributed by atoms with E-state index in [9.17, 15) is 23.4 Å². The Hall–Kier alpha value is -3.52. The highest BCUT2D eigenvalue weighted by Gasteiger charge is 2.19. The van der Waals surface area contributed by atoms with Gasteiger partial charge in [-0.05, 0) is 54.8 Å². The second kappa shape index (κ2) is 8.69. The van der Waals surface area contributed by atoms with Gasteiger partial charge in [-0.15, -0.1) is 0 Å². The standard InChI is InChI=1S/C23H24N2O5S/c1-14(2)18-9-4-5-10-20(18)25-31(29,30)17-8-6-7-16(13-17)24-23(28)19-11-12-21(26)15(3)22(19)27/h4-14,25-27H,1-3H3,(H,24,28). The second-order valence-electron chi connectivity index (χ2n) is 7.44. The molecule has 0 aliphatic heterocycles. The van der Waals surface area contributed by atoms with Crippen LogP contribution < -0.4 is 10.0 Å². The number of para-hydroxylation sites is 1. The van der Waals surface area contributed by atoms with Crippen molar-refractivity contribution in [3.63, 3.8) is 0 Å². The number of phenols is 2. The molecule has 3 aromatic carbocycles. The molecular weight excluding hydrogens is 416 g/mol. The molecule has 0 bridgehead atoms. The molecule has 0 saturated heterocycles. The van der Waals surface area contributed by atoms with Crippen molar-refractivity contribution in [1.29, 1.82) is 0 Å². The predicted octanol–water partition coefficient (Wildman–Crippen LogP) is 4.58. The number of phenolic OH excluding ortho intramolecular Hbond substituents is 2. The molecule has 3 rings (SSSR count). The van der Waals surface area contributed by atoms with Gasteiger partial charge >= 0.3 is 0 Å². The molecule has 3 aromatic rings. The maximum absolute atomic E-state index is 12.9. The Bertz CT molecular complexity index is 1240. The van der Waals surface area contributed by atoms with Crippen LogP contribution in [0.1, 0.15) is 41.3 Å². The van der Waals surface area contributed by atoms with Crippen molar-refractivity contribution in [1.82, 2.24) is 0 Å². The summed E-state index contributed by atoms with van der Waals surface area (Å²) in [6.07, 6.45) is 0. The summed E-state index contributed by atoms with van der Waals surface area (Å²) in [6, 6.07) is 15.6. The van der Waals surface area contributed by atoms with Crippen LogP contribution in [0, 0.1) is 6.92 Å². The van der Waals surface area contributed by atoms with Gasteiger partial charge in [-0.25, -0.2) is 8.42 Å². The summed E-state index contributed by atoms with van der Waals surface area (Å²) >= 11 is 0. The number of sulfonamides is 1. The lowest BCUT2D eigenvalue weighted by atomic mass is 10.0. The van der Waals surface area contributed by atoms with Crippen molar-refractivity contribution in [2.24, 2.45) is 0 Å². The van der Waals surface area contributed by atoms with E-state index >= 15 is 0 Å². The zero-order valence-corrected chi connectivity index (χ0v) is 18.2. The number of nitrogens with one attached hydrogen (secondary N) is 2. The number of carbonyl (C=O) groups excluding carboxylic acids is 1. The van der Waals surface area contributed by atoms with Gasteiger partial charge < -0.3 is 15.5 Å². The Labute approximate surface area is 181 Å². The van der Waals surface area contributed by atoms with Crippen LogP contribution in [0.3, 0.4) is 0 Å². The topological polar surface area (TPSA) is 116 Å². The largest absolute Gasteiger partial charge is 0.508 e. The van der Waals surface area contributed by atoms with E-state index in [1.54, 1.807) is 18.2 Å². The first-order valence-electron chi connectivity index (χ1n) is 9.65. The van der Waals surface area contributed by atoms with Gasteiger partial charge in [-0.3, -0.25) is 9.52 Å². The van der Waals surface area contributed by atoms with E-state index in [2.05, 4.69) is 10.0 Å². The summed E-state index contributed by atoms with van der Waals surface area (Å²) < 4.78 is 28.5. The predicted molar refractivity (Wildman–Crippen MR) is 120 cm³/mol. The highest BCUT2D eigenvalue weighted by atomic mass is 32.2. The molecule has 7 nitrogen and oxygen atoms in total. The van der Waals surface area contributed by atoms with Crippen LogP contribution >= 0.6 is 0 Å². The van der Waals surface area contributed by atoms with E-state index in [4.69, 9.17) is 0 Å². The van der Waals surface area contributed by atoms with E-state index in [0.29, 0.717) is 5.69 Å². The molecule has 8 heteroatoms. The third-order valence-corrected chi connectivity index (χ3v) is 6.24. The highest BCUT2D eigenvalue weighted by Crippen LogP contribution is 2.30. The molecule has 0 spiro atoms. The maximum Gasteiger partial charge on any atom is 0.261 e. The summed E-state index contributed by atoms with van der Waals surface area (Å²) in [6.45, 7) is 5.43. The summed E-state index contributed by atoms with van der Waals surface area (Å²) in [5.74, 6) is -0.970. The minimum absolute atomic E-state index is 0.0185. The first-order chi connectivity index (χ1) is 14.6. The molecule has 0 unspecified atom stereocenters. The summed E-state index contributed by atoms with van der Waals surface area (Å²) in [5, 5.41) is 22.3. The van der Waals surface area contributed by atoms with Crippen molar-refractivity contribution in [2.75, 3.05) is 10.0 Å². The third-order valence-electron chi connectivity index (χ3n) is 4.88. The van der Waals surface area contributed by atoms with Crippen LogP contribution in [0.25, 0.3) is 0 Å². The molecule has 4 N–H and O–H groups in total. The van der Waals surface area contributed by atoms with Gasteiger partial charge in [0.25, 0.3) is 15.9 Å². The lowest BCUT2D eigenvalue weighted by molar-refractivity contribution is 0.102. The number of benzene rings is 3. The number of hydrogen-bond acceptors (Lipinski definition) is 5. The fraction of sp³-hybridized carbons (Fsp3) is 0.174. The normalized spacial score (nSPS) is 11.4. The number of rotatable bonds is 6. The Morgan fingerprint density at radius 3 is 2.39 bits per heavy atom. The van der Waals surface area contributed by atoms with Gasteiger partial charge in [-0.2, -0.15) is 0 Å². The molecule has 0 atom stereocenters. The fourth-order valence-electron chi connectivity index (χ4n) is 3.11. The number of amides is 1. The van der Waals surface area contributed by atoms with E-state index in [-0.39, 0.29) is 39.1 Å². The van der Waals surface area contributed by atoms with Gasteiger partial charge in [0.1, 0.15) is 11.5 Å². The van der Waals surface area contributed by atoms with E-state index < -0.39 is 15.9 Å². The molecule has 1 amide bonds. The minimum atomic E-state index is -3.90. The van der Waals surface area contributed by atoms with Crippen LogP contribution in [0.5, 0.6) is 11.5 Å². The molecule has 162 valence electrons. The zero-order valence-electron chi connectivity index (χ0n) is 17.4. The number of carbonyl (C=O) groups is 1. The zero-order chi connectivity index (χ0) is 22.8. The van der Waals surface area contributed by atoms with Gasteiger partial charge in [-0.1, -0.05) is 38.1 Å². The minimum Gasteiger partial charge on any atom is -0.508 e. The van der Waals surface area contributed by atoms with Crippen LogP contribution in [-0.4, -0.2) is 24.5 Å². The van der Waals surface area contributed by atoms with E-state index in [0.717, 1.165) is 5.56 Å². The molecule has 0 radical (unpaired) electrons. The number of hydrogen-bond donors (Lipinski definition) is 4. The van der Waals surface area contributed by atoms with Crippen molar-refractivity contribution in [3.8, 4) is 11.5 Å². The molecule has 0 saturated carbocycles. The lowest BCUT2D eigenvalue weighted by Gasteiger charge is -2.15. The van der Waals surface area contributed by atoms with Gasteiger partial charge in [0.05, 0.1) is 16.1 Å². The molecule has 0 heterocycles. The van der Waals surface area contributed by atoms with Gasteiger partial charge in [0.15, 0.2) is 0 Å². The summed E-state index contributed by atoms with van der Waals surface area (Å²) in [4.78, 5) is 12.5. The molecule has 0 aliphatic carbocycles. The van der Waals surface area contributed by atoms with Crippen LogP contribution in [-0.2, 0) is 10.0 Å². The smallest absolute Gasteiger partial charge is 0.261 e. The molecular formula is C23H24N2O5S. The first-order valence-corrected chi connectivity index (χ1v) is 11.1. The molecule has 31 heavy (non-hydrogen) atoms. The summed E-state index contributed by atoms with van der Waals surface area (Å²) in [5.41, 5.74) is 1.75. The van der Waals surface area contributed by atoms with Crippen LogP contribution in [0.4, 0.5) is 11.4 Å². The van der Waals surface area contributed by atoms with Crippen LogP contribution in [0.2, 0.25) is 0 Å². The monoisotopic (exact) mass is 440 g/mol. The second-order valence-corrected chi connectivity index (χ2v) is 9.12. The Balaban J connectivity index is 1.86. The molecule has 0 aliphatic rings. The van der Waals surface area contributed by atoms with E-state index in [1.807, 2.05) is 26.0 Å². The quantitative estimate of drug-likeness (QED) is 0.448.